The van der Waals surface area contributed by atoms with Gasteiger partial charge in [-0.05, 0) is 43.7 Å². The van der Waals surface area contributed by atoms with E-state index in [-0.39, 0.29) is 5.91 Å². The largest absolute Gasteiger partial charge is 0.444 e. The molecule has 0 fully saturated rings. The first-order chi connectivity index (χ1) is 14.7. The fourth-order valence-electron chi connectivity index (χ4n) is 2.86. The van der Waals surface area contributed by atoms with Gasteiger partial charge in [-0.1, -0.05) is 30.3 Å². The Hall–Kier alpha value is -3.61. The lowest BCUT2D eigenvalue weighted by atomic mass is 10.1. The first-order valence-electron chi connectivity index (χ1n) is 10.1. The molecule has 7 heteroatoms. The Labute approximate surface area is 176 Å². The van der Waals surface area contributed by atoms with Gasteiger partial charge in [0, 0.05) is 24.2 Å². The Morgan fingerprint density at radius 2 is 1.80 bits per heavy atom. The number of carbonyl (C=O) groups excluding carboxylic acids is 1. The molecule has 1 amide bonds. The van der Waals surface area contributed by atoms with Crippen molar-refractivity contribution in [1.29, 1.82) is 0 Å². The molecule has 7 nitrogen and oxygen atoms in total. The van der Waals surface area contributed by atoms with Crippen molar-refractivity contribution in [3.05, 3.63) is 77.7 Å². The van der Waals surface area contributed by atoms with Crippen LogP contribution in [0.1, 0.15) is 35.5 Å². The summed E-state index contributed by atoms with van der Waals surface area (Å²) in [4.78, 5) is 21.2. The fourth-order valence-corrected chi connectivity index (χ4v) is 2.86. The Morgan fingerprint density at radius 3 is 2.57 bits per heavy atom. The van der Waals surface area contributed by atoms with E-state index in [1.807, 2.05) is 62.4 Å². The quantitative estimate of drug-likeness (QED) is 0.395. The first kappa shape index (κ1) is 21.1. The average Bonchev–Trinajstić information content (AvgIpc) is 3.26. The van der Waals surface area contributed by atoms with Crippen LogP contribution >= 0.6 is 0 Å². The van der Waals surface area contributed by atoms with E-state index < -0.39 is 0 Å². The summed E-state index contributed by atoms with van der Waals surface area (Å²) in [6.07, 6.45) is 1.65. The Bertz CT molecular complexity index is 982. The van der Waals surface area contributed by atoms with Crippen LogP contribution in [0.3, 0.4) is 0 Å². The number of benzene rings is 2. The van der Waals surface area contributed by atoms with Gasteiger partial charge in [-0.15, -0.1) is 0 Å². The van der Waals surface area contributed by atoms with Crippen molar-refractivity contribution in [2.24, 2.45) is 4.99 Å². The molecule has 0 aliphatic carbocycles. The van der Waals surface area contributed by atoms with E-state index in [1.165, 1.54) is 0 Å². The molecule has 0 aliphatic heterocycles. The monoisotopic (exact) mass is 405 g/mol. The number of hydrogen-bond donors (Lipinski definition) is 3. The molecule has 156 valence electrons. The number of oxazole rings is 1. The molecular weight excluding hydrogens is 378 g/mol. The van der Waals surface area contributed by atoms with E-state index in [9.17, 15) is 4.79 Å². The minimum absolute atomic E-state index is 0.0754. The van der Waals surface area contributed by atoms with E-state index in [0.29, 0.717) is 37.0 Å². The van der Waals surface area contributed by atoms with Crippen LogP contribution in [0.15, 0.2) is 70.3 Å². The van der Waals surface area contributed by atoms with Crippen molar-refractivity contribution in [3.8, 4) is 11.5 Å². The van der Waals surface area contributed by atoms with Gasteiger partial charge in [0.15, 0.2) is 5.96 Å². The SMILES string of the molecule is CCNC(=O)c1cccc(CN=C(NCC)NCc2coc(-c3ccccc3)n2)c1. The smallest absolute Gasteiger partial charge is 0.251 e. The average molecular weight is 406 g/mol. The predicted octanol–water partition coefficient (Wildman–Crippen LogP) is 3.35. The summed E-state index contributed by atoms with van der Waals surface area (Å²) < 4.78 is 5.58. The third kappa shape index (κ3) is 5.94. The Morgan fingerprint density at radius 1 is 1.00 bits per heavy atom. The summed E-state index contributed by atoms with van der Waals surface area (Å²) in [5.74, 6) is 1.19. The summed E-state index contributed by atoms with van der Waals surface area (Å²) >= 11 is 0. The van der Waals surface area contributed by atoms with Gasteiger partial charge in [0.25, 0.3) is 5.91 Å². The normalized spacial score (nSPS) is 11.2. The highest BCUT2D eigenvalue weighted by molar-refractivity contribution is 5.94. The topological polar surface area (TPSA) is 91.5 Å². The molecule has 0 spiro atoms. The highest BCUT2D eigenvalue weighted by Crippen LogP contribution is 2.17. The maximum absolute atomic E-state index is 12.0. The molecule has 3 rings (SSSR count). The van der Waals surface area contributed by atoms with Gasteiger partial charge in [0.1, 0.15) is 6.26 Å². The molecule has 0 saturated carbocycles. The van der Waals surface area contributed by atoms with Crippen molar-refractivity contribution in [2.75, 3.05) is 13.1 Å². The zero-order valence-corrected chi connectivity index (χ0v) is 17.3. The molecular formula is C23H27N5O2. The Balaban J connectivity index is 1.62. The summed E-state index contributed by atoms with van der Waals surface area (Å²) in [7, 11) is 0. The molecule has 0 bridgehead atoms. The van der Waals surface area contributed by atoms with E-state index in [2.05, 4.69) is 25.9 Å². The number of guanidine groups is 1. The van der Waals surface area contributed by atoms with E-state index in [0.717, 1.165) is 23.4 Å². The minimum Gasteiger partial charge on any atom is -0.444 e. The molecule has 0 atom stereocenters. The van der Waals surface area contributed by atoms with Crippen LogP contribution in [-0.2, 0) is 13.1 Å². The van der Waals surface area contributed by atoms with Crippen LogP contribution < -0.4 is 16.0 Å². The van der Waals surface area contributed by atoms with Gasteiger partial charge in [-0.25, -0.2) is 9.98 Å². The van der Waals surface area contributed by atoms with Gasteiger partial charge in [-0.2, -0.15) is 0 Å². The predicted molar refractivity (Wildman–Crippen MR) is 118 cm³/mol. The number of aromatic nitrogens is 1. The molecule has 0 unspecified atom stereocenters. The number of amides is 1. The third-order valence-electron chi connectivity index (χ3n) is 4.30. The number of carbonyl (C=O) groups is 1. The lowest BCUT2D eigenvalue weighted by molar-refractivity contribution is 0.0955. The fraction of sp³-hybridized carbons (Fsp3) is 0.261. The van der Waals surface area contributed by atoms with Gasteiger partial charge in [0.05, 0.1) is 18.8 Å². The Kier molecular flexibility index (Phi) is 7.60. The third-order valence-corrected chi connectivity index (χ3v) is 4.30. The number of aliphatic imine (C=N–C) groups is 1. The zero-order chi connectivity index (χ0) is 21.2. The van der Waals surface area contributed by atoms with Crippen LogP contribution in [0.5, 0.6) is 0 Å². The summed E-state index contributed by atoms with van der Waals surface area (Å²) in [5, 5.41) is 9.30. The maximum Gasteiger partial charge on any atom is 0.251 e. The van der Waals surface area contributed by atoms with Crippen molar-refractivity contribution in [1.82, 2.24) is 20.9 Å². The maximum atomic E-state index is 12.0. The van der Waals surface area contributed by atoms with Crippen LogP contribution in [0.25, 0.3) is 11.5 Å². The van der Waals surface area contributed by atoms with E-state index >= 15 is 0 Å². The highest BCUT2D eigenvalue weighted by atomic mass is 16.3. The standard InChI is InChI=1S/C23H27N5O2/c1-3-24-21(29)19-12-8-9-17(13-19)14-26-23(25-4-2)27-15-20-16-30-22(28-20)18-10-6-5-7-11-18/h5-13,16H,3-4,14-15H2,1-2H3,(H,24,29)(H2,25,26,27). The van der Waals surface area contributed by atoms with Gasteiger partial charge >= 0.3 is 0 Å². The number of rotatable bonds is 8. The first-order valence-corrected chi connectivity index (χ1v) is 10.1. The van der Waals surface area contributed by atoms with Gasteiger partial charge in [-0.3, -0.25) is 4.79 Å². The second-order valence-electron chi connectivity index (χ2n) is 6.62. The molecule has 0 saturated heterocycles. The summed E-state index contributed by atoms with van der Waals surface area (Å²) in [6, 6.07) is 17.3. The van der Waals surface area contributed by atoms with Crippen LogP contribution in [0.4, 0.5) is 0 Å². The van der Waals surface area contributed by atoms with Crippen LogP contribution in [0.2, 0.25) is 0 Å². The molecule has 0 aliphatic rings. The highest BCUT2D eigenvalue weighted by Gasteiger charge is 2.08. The number of nitrogens with one attached hydrogen (secondary N) is 3. The van der Waals surface area contributed by atoms with Crippen LogP contribution in [-0.4, -0.2) is 29.9 Å². The van der Waals surface area contributed by atoms with Crippen molar-refractivity contribution >= 4 is 11.9 Å². The van der Waals surface area contributed by atoms with Crippen molar-refractivity contribution in [3.63, 3.8) is 0 Å². The van der Waals surface area contributed by atoms with Gasteiger partial charge in [0.2, 0.25) is 5.89 Å². The van der Waals surface area contributed by atoms with Crippen molar-refractivity contribution in [2.45, 2.75) is 26.9 Å². The molecule has 3 N–H and O–H groups in total. The van der Waals surface area contributed by atoms with E-state index in [1.54, 1.807) is 12.3 Å². The second-order valence-corrected chi connectivity index (χ2v) is 6.62. The number of nitrogens with zero attached hydrogens (tertiary/aromatic N) is 2. The lowest BCUT2D eigenvalue weighted by Crippen LogP contribution is -2.36. The second kappa shape index (κ2) is 10.8. The lowest BCUT2D eigenvalue weighted by Gasteiger charge is -2.10. The van der Waals surface area contributed by atoms with Gasteiger partial charge < -0.3 is 20.4 Å². The summed E-state index contributed by atoms with van der Waals surface area (Å²) in [6.45, 7) is 6.19. The minimum atomic E-state index is -0.0754. The van der Waals surface area contributed by atoms with Crippen LogP contribution in [0, 0.1) is 0 Å². The number of hydrogen-bond acceptors (Lipinski definition) is 4. The molecule has 2 aromatic carbocycles. The van der Waals surface area contributed by atoms with Crippen molar-refractivity contribution < 1.29 is 9.21 Å². The zero-order valence-electron chi connectivity index (χ0n) is 17.3. The van der Waals surface area contributed by atoms with E-state index in [4.69, 9.17) is 4.42 Å². The molecule has 30 heavy (non-hydrogen) atoms. The molecule has 1 aromatic heterocycles. The molecule has 3 aromatic rings. The molecule has 1 heterocycles. The summed E-state index contributed by atoms with van der Waals surface area (Å²) in [5.41, 5.74) is 3.33. The molecule has 0 radical (unpaired) electrons.